The Morgan fingerprint density at radius 1 is 1.41 bits per heavy atom. The quantitative estimate of drug-likeness (QED) is 0.728. The van der Waals surface area contributed by atoms with E-state index in [9.17, 15) is 20.0 Å². The minimum atomic E-state index is -0.462. The fraction of sp³-hybridized carbons (Fsp3) is 0.350. The van der Waals surface area contributed by atoms with Gasteiger partial charge >= 0.3 is 6.09 Å². The topological polar surface area (TPSA) is 103 Å². The predicted octanol–water partition coefficient (Wildman–Crippen LogP) is 3.00. The lowest BCUT2D eigenvalue weighted by Crippen LogP contribution is -2.54. The van der Waals surface area contributed by atoms with Crippen molar-refractivity contribution in [2.45, 2.75) is 31.5 Å². The highest BCUT2D eigenvalue weighted by Crippen LogP contribution is 2.38. The number of amides is 2. The number of aliphatic hydroxyl groups is 1. The van der Waals surface area contributed by atoms with Gasteiger partial charge in [0.05, 0.1) is 24.8 Å². The van der Waals surface area contributed by atoms with Gasteiger partial charge in [0.2, 0.25) is 5.91 Å². The molecule has 2 aromatic heterocycles. The van der Waals surface area contributed by atoms with Gasteiger partial charge in [-0.1, -0.05) is 6.07 Å². The molecule has 1 aliphatic heterocycles. The lowest BCUT2D eigenvalue weighted by Gasteiger charge is -2.36. The Morgan fingerprint density at radius 2 is 2.24 bits per heavy atom. The smallest absolute Gasteiger partial charge is 0.410 e. The fourth-order valence-electron chi connectivity index (χ4n) is 3.38. The molecule has 0 saturated carbocycles. The minimum Gasteiger partial charge on any atom is -0.446 e. The second-order valence-electron chi connectivity index (χ2n) is 6.97. The molecule has 0 aromatic carbocycles. The molecule has 4 rings (SSSR count). The van der Waals surface area contributed by atoms with Crippen molar-refractivity contribution in [1.82, 2.24) is 4.90 Å². The second-order valence-corrected chi connectivity index (χ2v) is 9.05. The Kier molecular flexibility index (Phi) is 5.67. The Bertz CT molecular complexity index is 984. The van der Waals surface area contributed by atoms with Crippen LogP contribution in [0.4, 0.5) is 9.80 Å². The van der Waals surface area contributed by atoms with E-state index in [1.165, 1.54) is 33.6 Å². The van der Waals surface area contributed by atoms with Crippen LogP contribution in [-0.4, -0.2) is 47.3 Å². The summed E-state index contributed by atoms with van der Waals surface area (Å²) in [5.74, 6) is -0.284. The van der Waals surface area contributed by atoms with Crippen LogP contribution in [0.15, 0.2) is 23.6 Å². The number of likely N-dealkylation sites (tertiary alicyclic amines) is 1. The summed E-state index contributed by atoms with van der Waals surface area (Å²) in [5.41, 5.74) is 1.43. The van der Waals surface area contributed by atoms with Crippen LogP contribution < -0.4 is 5.32 Å². The van der Waals surface area contributed by atoms with Crippen LogP contribution in [0.25, 0.3) is 6.08 Å². The highest BCUT2D eigenvalue weighted by molar-refractivity contribution is 7.16. The molecule has 1 fully saturated rings. The van der Waals surface area contributed by atoms with E-state index in [2.05, 4.69) is 11.4 Å². The maximum atomic E-state index is 12.2. The van der Waals surface area contributed by atoms with E-state index < -0.39 is 12.2 Å². The Labute approximate surface area is 175 Å². The van der Waals surface area contributed by atoms with Crippen LogP contribution in [0.1, 0.15) is 27.3 Å². The van der Waals surface area contributed by atoms with Gasteiger partial charge in [0.1, 0.15) is 17.2 Å². The number of aliphatic hydroxyl groups excluding tert-OH is 1. The maximum absolute atomic E-state index is 12.2. The van der Waals surface area contributed by atoms with Crippen LogP contribution in [0.3, 0.4) is 0 Å². The summed E-state index contributed by atoms with van der Waals surface area (Å²) >= 11 is 2.91. The van der Waals surface area contributed by atoms with E-state index >= 15 is 0 Å². The molecular formula is C20H19N3O4S2. The average molecular weight is 430 g/mol. The van der Waals surface area contributed by atoms with Gasteiger partial charge in [0.15, 0.2) is 0 Å². The second kappa shape index (κ2) is 8.37. The fourth-order valence-corrected chi connectivity index (χ4v) is 5.27. The number of β-amino-alcohol motifs (C(OH)–C–C–N with tert-alkyl or cyclic N) is 1. The summed E-state index contributed by atoms with van der Waals surface area (Å²) in [7, 11) is 0. The molecule has 2 aromatic rings. The first-order chi connectivity index (χ1) is 14.0. The van der Waals surface area contributed by atoms with Crippen molar-refractivity contribution >= 4 is 45.8 Å². The van der Waals surface area contributed by atoms with Gasteiger partial charge in [-0.15, -0.1) is 22.7 Å². The number of anilines is 1. The number of nitrogens with zero attached hydrogens (tertiary/aromatic N) is 2. The van der Waals surface area contributed by atoms with Gasteiger partial charge in [-0.05, 0) is 35.9 Å². The molecule has 0 radical (unpaired) electrons. The average Bonchev–Trinajstić information content (AvgIpc) is 3.30. The van der Waals surface area contributed by atoms with E-state index in [-0.39, 0.29) is 12.0 Å². The van der Waals surface area contributed by atoms with Crippen LogP contribution in [0.5, 0.6) is 0 Å². The first-order valence-corrected chi connectivity index (χ1v) is 10.9. The van der Waals surface area contributed by atoms with E-state index in [0.717, 1.165) is 15.3 Å². The van der Waals surface area contributed by atoms with Crippen LogP contribution in [0, 0.1) is 11.3 Å². The zero-order chi connectivity index (χ0) is 20.4. The molecule has 3 heterocycles. The Morgan fingerprint density at radius 3 is 2.93 bits per heavy atom. The molecule has 150 valence electrons. The van der Waals surface area contributed by atoms with Crippen molar-refractivity contribution in [2.75, 3.05) is 18.4 Å². The van der Waals surface area contributed by atoms with Crippen molar-refractivity contribution in [2.24, 2.45) is 0 Å². The lowest BCUT2D eigenvalue weighted by molar-refractivity contribution is -0.111. The number of nitriles is 1. The van der Waals surface area contributed by atoms with Crippen molar-refractivity contribution < 1.29 is 19.4 Å². The molecule has 2 aliphatic rings. The molecule has 7 nitrogen and oxygen atoms in total. The molecule has 29 heavy (non-hydrogen) atoms. The molecule has 1 atom stereocenters. The van der Waals surface area contributed by atoms with Crippen molar-refractivity contribution in [1.29, 1.82) is 5.26 Å². The third kappa shape index (κ3) is 4.34. The molecule has 2 N–H and O–H groups in total. The number of thiophene rings is 2. The molecule has 9 heteroatoms. The number of carbonyl (C=O) groups excluding carboxylic acids is 2. The lowest BCUT2D eigenvalue weighted by atomic mass is 9.94. The van der Waals surface area contributed by atoms with Crippen LogP contribution in [0.2, 0.25) is 0 Å². The predicted molar refractivity (Wildman–Crippen MR) is 111 cm³/mol. The summed E-state index contributed by atoms with van der Waals surface area (Å²) in [5, 5.41) is 24.2. The first-order valence-electron chi connectivity index (χ1n) is 9.24. The van der Waals surface area contributed by atoms with Crippen molar-refractivity contribution in [3.63, 3.8) is 0 Å². The number of nitrogens with one attached hydrogen (secondary N) is 1. The van der Waals surface area contributed by atoms with E-state index in [0.29, 0.717) is 42.9 Å². The minimum absolute atomic E-state index is 0.264. The summed E-state index contributed by atoms with van der Waals surface area (Å²) in [4.78, 5) is 27.7. The number of hydrogen-bond acceptors (Lipinski definition) is 7. The van der Waals surface area contributed by atoms with Gasteiger partial charge in [0.25, 0.3) is 0 Å². The summed E-state index contributed by atoms with van der Waals surface area (Å²) in [6.45, 7) is 0.618. The first kappa shape index (κ1) is 19.6. The molecular weight excluding hydrogens is 410 g/mol. The SMILES string of the molecule is N#Cc1c(NC(=O)/C=C/c2cccs2)sc2c1CCC(OC(=O)N1CC(O)C1)C2. The van der Waals surface area contributed by atoms with Gasteiger partial charge < -0.3 is 20.1 Å². The molecule has 1 saturated heterocycles. The van der Waals surface area contributed by atoms with Gasteiger partial charge in [0, 0.05) is 22.3 Å². The number of ether oxygens (including phenoxy) is 1. The standard InChI is InChI=1S/C20H19N3O4S2/c21-9-16-15-5-3-13(27-20(26)23-10-12(24)11-23)8-17(15)29-19(16)22-18(25)6-4-14-2-1-7-28-14/h1-2,4,6-7,12-13,24H,3,5,8,10-11H2,(H,22,25)/b6-4+. The summed E-state index contributed by atoms with van der Waals surface area (Å²) < 4.78 is 5.55. The normalized spacial score (nSPS) is 18.8. The van der Waals surface area contributed by atoms with Crippen molar-refractivity contribution in [3.05, 3.63) is 44.5 Å². The monoisotopic (exact) mass is 429 g/mol. The molecule has 0 spiro atoms. The van der Waals surface area contributed by atoms with E-state index in [1.807, 2.05) is 17.5 Å². The van der Waals surface area contributed by atoms with E-state index in [1.54, 1.807) is 6.08 Å². The van der Waals surface area contributed by atoms with Gasteiger partial charge in [-0.2, -0.15) is 5.26 Å². The number of hydrogen-bond donors (Lipinski definition) is 2. The Balaban J connectivity index is 1.41. The zero-order valence-electron chi connectivity index (χ0n) is 15.5. The Hall–Kier alpha value is -2.67. The van der Waals surface area contributed by atoms with Crippen molar-refractivity contribution in [3.8, 4) is 6.07 Å². The zero-order valence-corrected chi connectivity index (χ0v) is 17.1. The maximum Gasteiger partial charge on any atom is 0.410 e. The van der Waals surface area contributed by atoms with Crippen LogP contribution in [-0.2, 0) is 22.4 Å². The summed E-state index contributed by atoms with van der Waals surface area (Å²) in [6.07, 6.45) is 3.84. The number of fused-ring (bicyclic) bond motifs is 1. The van der Waals surface area contributed by atoms with E-state index in [4.69, 9.17) is 4.74 Å². The summed E-state index contributed by atoms with van der Waals surface area (Å²) in [6, 6.07) is 6.04. The highest BCUT2D eigenvalue weighted by atomic mass is 32.1. The molecule has 0 bridgehead atoms. The van der Waals surface area contributed by atoms with Gasteiger partial charge in [-0.3, -0.25) is 4.79 Å². The van der Waals surface area contributed by atoms with Gasteiger partial charge in [-0.25, -0.2) is 4.79 Å². The molecule has 1 aliphatic carbocycles. The number of carbonyl (C=O) groups is 2. The van der Waals surface area contributed by atoms with Crippen LogP contribution >= 0.6 is 22.7 Å². The molecule has 1 unspecified atom stereocenters. The number of rotatable bonds is 4. The highest BCUT2D eigenvalue weighted by Gasteiger charge is 2.33. The largest absolute Gasteiger partial charge is 0.446 e. The molecule has 2 amide bonds. The third-order valence-electron chi connectivity index (χ3n) is 4.90. The third-order valence-corrected chi connectivity index (χ3v) is 6.91.